The van der Waals surface area contributed by atoms with Crippen LogP contribution in [0.2, 0.25) is 0 Å². The molecule has 1 atom stereocenters. The predicted octanol–water partition coefficient (Wildman–Crippen LogP) is 0.446. The topological polar surface area (TPSA) is 88.1 Å². The predicted molar refractivity (Wildman–Crippen MR) is 79.6 cm³/mol. The molecule has 7 nitrogen and oxygen atoms in total. The van der Waals surface area contributed by atoms with Gasteiger partial charge < -0.3 is 9.47 Å². The van der Waals surface area contributed by atoms with Gasteiger partial charge in [-0.15, -0.1) is 0 Å². The number of amides is 1. The van der Waals surface area contributed by atoms with Crippen LogP contribution in [0.25, 0.3) is 0 Å². The molecule has 1 fully saturated rings. The van der Waals surface area contributed by atoms with Gasteiger partial charge in [0.15, 0.2) is 0 Å². The first-order valence-electron chi connectivity index (χ1n) is 7.09. The molecule has 0 spiro atoms. The number of likely N-dealkylation sites (tertiary alicyclic amines) is 1. The summed E-state index contributed by atoms with van der Waals surface area (Å²) < 4.78 is 1.39. The van der Waals surface area contributed by atoms with Gasteiger partial charge in [0.1, 0.15) is 0 Å². The molecule has 1 aliphatic heterocycles. The van der Waals surface area contributed by atoms with E-state index in [1.807, 2.05) is 0 Å². The Hall–Kier alpha value is -2.70. The molecule has 1 aliphatic rings. The summed E-state index contributed by atoms with van der Waals surface area (Å²) in [4.78, 5) is 36.9. The Morgan fingerprint density at radius 2 is 2.09 bits per heavy atom. The number of nitrogens with zero attached hydrogens (tertiary/aromatic N) is 3. The second-order valence-corrected chi connectivity index (χ2v) is 5.37. The number of aromatic amines is 1. The fourth-order valence-electron chi connectivity index (χ4n) is 2.74. The van der Waals surface area contributed by atoms with Crippen molar-refractivity contribution in [2.45, 2.75) is 18.9 Å². The highest BCUT2D eigenvalue weighted by atomic mass is 16.2. The van der Waals surface area contributed by atoms with Gasteiger partial charge in [0.05, 0.1) is 17.3 Å². The van der Waals surface area contributed by atoms with Crippen LogP contribution in [0.4, 0.5) is 0 Å². The molecule has 3 rings (SSSR count). The van der Waals surface area contributed by atoms with Crippen LogP contribution in [0.3, 0.4) is 0 Å². The van der Waals surface area contributed by atoms with Crippen molar-refractivity contribution in [3.63, 3.8) is 0 Å². The first-order valence-corrected chi connectivity index (χ1v) is 7.09. The Morgan fingerprint density at radius 3 is 2.77 bits per heavy atom. The normalized spacial score (nSPS) is 17.7. The maximum atomic E-state index is 12.7. The second-order valence-electron chi connectivity index (χ2n) is 5.37. The van der Waals surface area contributed by atoms with Crippen LogP contribution in [0.1, 0.15) is 34.9 Å². The quantitative estimate of drug-likeness (QED) is 0.872. The summed E-state index contributed by atoms with van der Waals surface area (Å²) in [5.41, 5.74) is 0.725. The van der Waals surface area contributed by atoms with Crippen molar-refractivity contribution in [1.82, 2.24) is 19.7 Å². The van der Waals surface area contributed by atoms with Gasteiger partial charge in [-0.25, -0.2) is 5.10 Å². The fraction of sp³-hybridized carbons (Fsp3) is 0.333. The summed E-state index contributed by atoms with van der Waals surface area (Å²) >= 11 is 0. The molecule has 3 heterocycles. The van der Waals surface area contributed by atoms with Gasteiger partial charge in [-0.3, -0.25) is 14.4 Å². The minimum atomic E-state index is -0.266. The van der Waals surface area contributed by atoms with Crippen molar-refractivity contribution in [2.24, 2.45) is 7.05 Å². The minimum absolute atomic E-state index is 0.133. The van der Waals surface area contributed by atoms with E-state index in [0.29, 0.717) is 17.8 Å². The van der Waals surface area contributed by atoms with Gasteiger partial charge in [0.25, 0.3) is 11.5 Å². The standard InChI is InChI=1S/C15H16N4O3/c1-18-9-10(4-7-14(18)21)15(22)19-8-2-3-12(19)11-5-6-13(20)17-16-11/h4-7,9,12H,2-3,8H2,1H3,(H,17,20). The lowest BCUT2D eigenvalue weighted by molar-refractivity contribution is 0.0731. The second kappa shape index (κ2) is 5.59. The number of nitrogens with one attached hydrogen (secondary N) is 1. The molecule has 114 valence electrons. The van der Waals surface area contributed by atoms with Gasteiger partial charge in [0.2, 0.25) is 5.56 Å². The molecule has 2 aromatic rings. The largest absolute Gasteiger partial charge is 0.330 e. The van der Waals surface area contributed by atoms with Crippen molar-refractivity contribution in [3.8, 4) is 0 Å². The van der Waals surface area contributed by atoms with E-state index in [-0.39, 0.29) is 23.1 Å². The lowest BCUT2D eigenvalue weighted by Crippen LogP contribution is -2.32. The summed E-state index contributed by atoms with van der Waals surface area (Å²) in [6.45, 7) is 0.632. The number of carbonyl (C=O) groups excluding carboxylic acids is 1. The summed E-state index contributed by atoms with van der Waals surface area (Å²) in [5, 5.41) is 6.44. The Balaban J connectivity index is 1.90. The lowest BCUT2D eigenvalue weighted by Gasteiger charge is -2.24. The van der Waals surface area contributed by atoms with E-state index in [0.717, 1.165) is 12.8 Å². The van der Waals surface area contributed by atoms with Crippen molar-refractivity contribution >= 4 is 5.91 Å². The first kappa shape index (κ1) is 14.2. The highest BCUT2D eigenvalue weighted by Gasteiger charge is 2.31. The Bertz CT molecular complexity index is 804. The highest BCUT2D eigenvalue weighted by molar-refractivity contribution is 5.94. The molecule has 0 radical (unpaired) electrons. The van der Waals surface area contributed by atoms with E-state index in [1.54, 1.807) is 30.3 Å². The fourth-order valence-corrected chi connectivity index (χ4v) is 2.74. The number of aryl methyl sites for hydroxylation is 1. The van der Waals surface area contributed by atoms with Gasteiger partial charge in [-0.2, -0.15) is 5.10 Å². The van der Waals surface area contributed by atoms with Crippen LogP contribution in [-0.2, 0) is 7.05 Å². The maximum absolute atomic E-state index is 12.7. The van der Waals surface area contributed by atoms with Gasteiger partial charge in [-0.05, 0) is 25.0 Å². The SMILES string of the molecule is Cn1cc(C(=O)N2CCCC2c2ccc(=O)[nH]n2)ccc1=O. The van der Waals surface area contributed by atoms with Crippen LogP contribution in [0, 0.1) is 0 Å². The third-order valence-corrected chi connectivity index (χ3v) is 3.89. The van der Waals surface area contributed by atoms with Crippen molar-refractivity contribution in [1.29, 1.82) is 0 Å². The van der Waals surface area contributed by atoms with Crippen LogP contribution in [-0.4, -0.2) is 32.1 Å². The van der Waals surface area contributed by atoms with Gasteiger partial charge in [0, 0.05) is 31.9 Å². The summed E-state index contributed by atoms with van der Waals surface area (Å²) in [7, 11) is 1.62. The molecule has 0 aliphatic carbocycles. The monoisotopic (exact) mass is 300 g/mol. The zero-order valence-electron chi connectivity index (χ0n) is 12.2. The molecular weight excluding hydrogens is 284 g/mol. The van der Waals surface area contributed by atoms with Crippen LogP contribution < -0.4 is 11.1 Å². The minimum Gasteiger partial charge on any atom is -0.330 e. The summed E-state index contributed by atoms with van der Waals surface area (Å²) in [5.74, 6) is -0.133. The molecule has 7 heteroatoms. The number of H-pyrrole nitrogens is 1. The van der Waals surface area contributed by atoms with Crippen LogP contribution >= 0.6 is 0 Å². The molecule has 22 heavy (non-hydrogen) atoms. The van der Waals surface area contributed by atoms with Crippen LogP contribution in [0.15, 0.2) is 40.1 Å². The molecular formula is C15H16N4O3. The highest BCUT2D eigenvalue weighted by Crippen LogP contribution is 2.31. The Morgan fingerprint density at radius 1 is 1.27 bits per heavy atom. The van der Waals surface area contributed by atoms with Crippen molar-refractivity contribution in [2.75, 3.05) is 6.54 Å². The number of aromatic nitrogens is 3. The Kier molecular flexibility index (Phi) is 3.62. The average molecular weight is 300 g/mol. The molecule has 0 aromatic carbocycles. The number of carbonyl (C=O) groups is 1. The van der Waals surface area contributed by atoms with E-state index in [2.05, 4.69) is 10.2 Å². The maximum Gasteiger partial charge on any atom is 0.264 e. The zero-order valence-corrected chi connectivity index (χ0v) is 12.2. The summed E-state index contributed by atoms with van der Waals surface area (Å²) in [6, 6.07) is 5.84. The first-order chi connectivity index (χ1) is 10.6. The third kappa shape index (κ3) is 2.57. The smallest absolute Gasteiger partial charge is 0.264 e. The van der Waals surface area contributed by atoms with Crippen LogP contribution in [0.5, 0.6) is 0 Å². The number of rotatable bonds is 2. The van der Waals surface area contributed by atoms with E-state index in [9.17, 15) is 14.4 Å². The molecule has 0 bridgehead atoms. The van der Waals surface area contributed by atoms with Crippen molar-refractivity contribution < 1.29 is 4.79 Å². The molecule has 0 saturated carbocycles. The number of hydrogen-bond acceptors (Lipinski definition) is 4. The zero-order chi connectivity index (χ0) is 15.7. The lowest BCUT2D eigenvalue weighted by atomic mass is 10.1. The number of pyridine rings is 1. The molecule has 1 saturated heterocycles. The molecule has 1 amide bonds. The van der Waals surface area contributed by atoms with E-state index in [1.165, 1.54) is 16.7 Å². The summed E-state index contributed by atoms with van der Waals surface area (Å²) in [6.07, 6.45) is 3.22. The van der Waals surface area contributed by atoms with E-state index >= 15 is 0 Å². The van der Waals surface area contributed by atoms with E-state index < -0.39 is 0 Å². The molecule has 1 unspecified atom stereocenters. The van der Waals surface area contributed by atoms with E-state index in [4.69, 9.17) is 0 Å². The molecule has 1 N–H and O–H groups in total. The van der Waals surface area contributed by atoms with Gasteiger partial charge in [-0.1, -0.05) is 0 Å². The average Bonchev–Trinajstić information content (AvgIpc) is 2.99. The van der Waals surface area contributed by atoms with Crippen molar-refractivity contribution in [3.05, 3.63) is 62.4 Å². The van der Waals surface area contributed by atoms with Gasteiger partial charge >= 0.3 is 0 Å². The third-order valence-electron chi connectivity index (χ3n) is 3.89. The molecule has 2 aromatic heterocycles. The number of hydrogen-bond donors (Lipinski definition) is 1. The Labute approximate surface area is 126 Å².